The highest BCUT2D eigenvalue weighted by molar-refractivity contribution is 5.99. The fourth-order valence-corrected chi connectivity index (χ4v) is 1.75. The Morgan fingerprint density at radius 3 is 3.00 bits per heavy atom. The van der Waals surface area contributed by atoms with E-state index in [1.807, 2.05) is 19.2 Å². The van der Waals surface area contributed by atoms with Gasteiger partial charge in [0.25, 0.3) is 0 Å². The second-order valence-electron chi connectivity index (χ2n) is 3.30. The van der Waals surface area contributed by atoms with Crippen LogP contribution in [0.1, 0.15) is 29.8 Å². The number of aromatic nitrogens is 2. The summed E-state index contributed by atoms with van der Waals surface area (Å²) >= 11 is 0. The first-order chi connectivity index (χ1) is 6.74. The third kappa shape index (κ3) is 1.21. The number of rotatable bonds is 2. The summed E-state index contributed by atoms with van der Waals surface area (Å²) in [7, 11) is 0. The highest BCUT2D eigenvalue weighted by Gasteiger charge is 2.10. The zero-order valence-electron chi connectivity index (χ0n) is 8.29. The number of aromatic amines is 1. The zero-order chi connectivity index (χ0) is 10.1. The maximum Gasteiger partial charge on any atom is 0.161 e. The van der Waals surface area contributed by atoms with Crippen LogP contribution >= 0.6 is 0 Å². The van der Waals surface area contributed by atoms with E-state index in [0.717, 1.165) is 28.6 Å². The SMILES string of the molecule is CCc1c(C(C)=O)cnc2[nH]ccc12. The van der Waals surface area contributed by atoms with E-state index in [1.165, 1.54) is 0 Å². The topological polar surface area (TPSA) is 45.8 Å². The third-order valence-electron chi connectivity index (χ3n) is 2.43. The van der Waals surface area contributed by atoms with Gasteiger partial charge in [0.1, 0.15) is 5.65 Å². The molecule has 0 radical (unpaired) electrons. The predicted octanol–water partition coefficient (Wildman–Crippen LogP) is 2.33. The fraction of sp³-hybridized carbons (Fsp3) is 0.273. The summed E-state index contributed by atoms with van der Waals surface area (Å²) in [5, 5.41) is 1.06. The van der Waals surface area contributed by atoms with E-state index in [1.54, 1.807) is 13.1 Å². The minimum atomic E-state index is 0.0810. The number of fused-ring (bicyclic) bond motifs is 1. The number of Topliss-reactive ketones (excluding diaryl/α,β-unsaturated/α-hetero) is 1. The molecule has 2 aromatic heterocycles. The second-order valence-corrected chi connectivity index (χ2v) is 3.30. The van der Waals surface area contributed by atoms with E-state index in [-0.39, 0.29) is 5.78 Å². The molecule has 72 valence electrons. The third-order valence-corrected chi connectivity index (χ3v) is 2.43. The average Bonchev–Trinajstić information content (AvgIpc) is 2.63. The lowest BCUT2D eigenvalue weighted by Crippen LogP contribution is -2.00. The number of carbonyl (C=O) groups is 1. The van der Waals surface area contributed by atoms with Crippen LogP contribution in [0.3, 0.4) is 0 Å². The number of nitrogens with zero attached hydrogens (tertiary/aromatic N) is 1. The quantitative estimate of drug-likeness (QED) is 0.735. The van der Waals surface area contributed by atoms with Crippen molar-refractivity contribution in [3.63, 3.8) is 0 Å². The molecule has 1 N–H and O–H groups in total. The van der Waals surface area contributed by atoms with Crippen molar-refractivity contribution in [3.05, 3.63) is 29.6 Å². The van der Waals surface area contributed by atoms with Crippen LogP contribution in [0.4, 0.5) is 0 Å². The van der Waals surface area contributed by atoms with Crippen molar-refractivity contribution in [2.75, 3.05) is 0 Å². The molecule has 0 bridgehead atoms. The molecule has 2 rings (SSSR count). The molecule has 2 heterocycles. The lowest BCUT2D eigenvalue weighted by Gasteiger charge is -2.04. The number of H-pyrrole nitrogens is 1. The van der Waals surface area contributed by atoms with Crippen molar-refractivity contribution in [1.29, 1.82) is 0 Å². The van der Waals surface area contributed by atoms with Gasteiger partial charge in [-0.25, -0.2) is 4.98 Å². The molecule has 0 aromatic carbocycles. The number of hydrogen-bond donors (Lipinski definition) is 1. The Hall–Kier alpha value is -1.64. The number of pyridine rings is 1. The van der Waals surface area contributed by atoms with Crippen LogP contribution in [0, 0.1) is 0 Å². The fourth-order valence-electron chi connectivity index (χ4n) is 1.75. The summed E-state index contributed by atoms with van der Waals surface area (Å²) < 4.78 is 0. The van der Waals surface area contributed by atoms with Gasteiger partial charge in [0.15, 0.2) is 5.78 Å². The van der Waals surface area contributed by atoms with Gasteiger partial charge in [0.05, 0.1) is 0 Å². The maximum atomic E-state index is 11.3. The minimum absolute atomic E-state index is 0.0810. The Bertz CT molecular complexity index is 485. The van der Waals surface area contributed by atoms with Gasteiger partial charge in [0.2, 0.25) is 0 Å². The number of ketones is 1. The molecule has 3 nitrogen and oxygen atoms in total. The number of carbonyl (C=O) groups excluding carboxylic acids is 1. The maximum absolute atomic E-state index is 11.3. The molecular formula is C11H12N2O. The Labute approximate surface area is 82.2 Å². The summed E-state index contributed by atoms with van der Waals surface area (Å²) in [6.07, 6.45) is 4.35. The molecule has 3 heteroatoms. The lowest BCUT2D eigenvalue weighted by atomic mass is 10.0. The molecule has 0 amide bonds. The molecule has 0 unspecified atom stereocenters. The largest absolute Gasteiger partial charge is 0.346 e. The molecule has 0 atom stereocenters. The van der Waals surface area contributed by atoms with Gasteiger partial charge >= 0.3 is 0 Å². The molecule has 0 spiro atoms. The molecule has 0 fully saturated rings. The summed E-state index contributed by atoms with van der Waals surface area (Å²) in [5.41, 5.74) is 2.68. The van der Waals surface area contributed by atoms with Crippen molar-refractivity contribution < 1.29 is 4.79 Å². The van der Waals surface area contributed by atoms with E-state index >= 15 is 0 Å². The van der Waals surface area contributed by atoms with Gasteiger partial charge < -0.3 is 4.98 Å². The van der Waals surface area contributed by atoms with Crippen LogP contribution in [0.2, 0.25) is 0 Å². The van der Waals surface area contributed by atoms with E-state index in [9.17, 15) is 4.79 Å². The van der Waals surface area contributed by atoms with Gasteiger partial charge in [-0.1, -0.05) is 6.92 Å². The molecule has 2 aromatic rings. The molecule has 0 aliphatic heterocycles. The molecular weight excluding hydrogens is 176 g/mol. The minimum Gasteiger partial charge on any atom is -0.346 e. The average molecular weight is 188 g/mol. The first-order valence-electron chi connectivity index (χ1n) is 4.70. The Kier molecular flexibility index (Phi) is 2.08. The van der Waals surface area contributed by atoms with Crippen LogP contribution in [-0.2, 0) is 6.42 Å². The Morgan fingerprint density at radius 2 is 2.36 bits per heavy atom. The van der Waals surface area contributed by atoms with Crippen molar-refractivity contribution in [2.24, 2.45) is 0 Å². The van der Waals surface area contributed by atoms with Crippen molar-refractivity contribution >= 4 is 16.8 Å². The molecule has 0 aliphatic rings. The Morgan fingerprint density at radius 1 is 1.57 bits per heavy atom. The number of aryl methyl sites for hydroxylation is 1. The van der Waals surface area contributed by atoms with Crippen LogP contribution in [-0.4, -0.2) is 15.8 Å². The monoisotopic (exact) mass is 188 g/mol. The van der Waals surface area contributed by atoms with Crippen molar-refractivity contribution in [1.82, 2.24) is 9.97 Å². The Balaban J connectivity index is 2.78. The second kappa shape index (κ2) is 3.25. The molecule has 0 saturated heterocycles. The van der Waals surface area contributed by atoms with Gasteiger partial charge in [-0.05, 0) is 25.0 Å². The van der Waals surface area contributed by atoms with Crippen molar-refractivity contribution in [2.45, 2.75) is 20.3 Å². The number of hydrogen-bond acceptors (Lipinski definition) is 2. The van der Waals surface area contributed by atoms with Crippen LogP contribution < -0.4 is 0 Å². The van der Waals surface area contributed by atoms with E-state index < -0.39 is 0 Å². The molecule has 0 aliphatic carbocycles. The predicted molar refractivity (Wildman–Crippen MR) is 55.5 cm³/mol. The van der Waals surface area contributed by atoms with Crippen LogP contribution in [0.5, 0.6) is 0 Å². The van der Waals surface area contributed by atoms with Gasteiger partial charge in [-0.2, -0.15) is 0 Å². The normalized spacial score (nSPS) is 10.7. The molecule has 14 heavy (non-hydrogen) atoms. The standard InChI is InChI=1S/C11H12N2O/c1-3-8-9-4-5-12-11(9)13-6-10(8)7(2)14/h4-6H,3H2,1-2H3,(H,12,13). The van der Waals surface area contributed by atoms with Gasteiger partial charge in [-0.15, -0.1) is 0 Å². The smallest absolute Gasteiger partial charge is 0.161 e. The zero-order valence-corrected chi connectivity index (χ0v) is 8.29. The number of nitrogens with one attached hydrogen (secondary N) is 1. The van der Waals surface area contributed by atoms with Crippen LogP contribution in [0.25, 0.3) is 11.0 Å². The van der Waals surface area contributed by atoms with Gasteiger partial charge in [-0.3, -0.25) is 4.79 Å². The molecule has 0 saturated carbocycles. The van der Waals surface area contributed by atoms with E-state index in [4.69, 9.17) is 0 Å². The summed E-state index contributed by atoms with van der Waals surface area (Å²) in [5.74, 6) is 0.0810. The van der Waals surface area contributed by atoms with Gasteiger partial charge in [0, 0.05) is 23.3 Å². The highest BCUT2D eigenvalue weighted by atomic mass is 16.1. The van der Waals surface area contributed by atoms with E-state index in [0.29, 0.717) is 0 Å². The summed E-state index contributed by atoms with van der Waals surface area (Å²) in [6.45, 7) is 3.63. The van der Waals surface area contributed by atoms with E-state index in [2.05, 4.69) is 9.97 Å². The highest BCUT2D eigenvalue weighted by Crippen LogP contribution is 2.20. The lowest BCUT2D eigenvalue weighted by molar-refractivity contribution is 0.101. The summed E-state index contributed by atoms with van der Waals surface area (Å²) in [4.78, 5) is 18.6. The van der Waals surface area contributed by atoms with Crippen molar-refractivity contribution in [3.8, 4) is 0 Å². The summed E-state index contributed by atoms with van der Waals surface area (Å²) in [6, 6.07) is 1.97. The van der Waals surface area contributed by atoms with Crippen LogP contribution in [0.15, 0.2) is 18.5 Å². The first kappa shape index (κ1) is 8.94. The first-order valence-corrected chi connectivity index (χ1v) is 4.70.